The van der Waals surface area contributed by atoms with E-state index >= 15 is 0 Å². The first-order valence-corrected chi connectivity index (χ1v) is 14.3. The van der Waals surface area contributed by atoms with Crippen LogP contribution < -0.4 is 20.9 Å². The maximum atomic E-state index is 13.9. The number of ether oxygens (including phenoxy) is 2. The third-order valence-electron chi connectivity index (χ3n) is 6.18. The fourth-order valence-corrected chi connectivity index (χ4v) is 5.54. The molecule has 3 N–H and O–H groups in total. The Hall–Kier alpha value is -3.45. The lowest BCUT2D eigenvalue weighted by Crippen LogP contribution is -2.44. The van der Waals surface area contributed by atoms with Gasteiger partial charge in [0.05, 0.1) is 19.3 Å². The van der Waals surface area contributed by atoms with Gasteiger partial charge < -0.3 is 19.1 Å². The first kappa shape index (κ1) is 31.1. The lowest BCUT2D eigenvalue weighted by Gasteiger charge is -2.30. The minimum atomic E-state index is -4.41. The number of aromatic amines is 1. The van der Waals surface area contributed by atoms with Crippen molar-refractivity contribution in [3.63, 3.8) is 0 Å². The molecule has 6 atom stereocenters. The van der Waals surface area contributed by atoms with E-state index in [1.54, 1.807) is 18.2 Å². The van der Waals surface area contributed by atoms with Gasteiger partial charge in [0.2, 0.25) is 0 Å². The average Bonchev–Trinajstić information content (AvgIpc) is 3.16. The lowest BCUT2D eigenvalue weighted by molar-refractivity contribution is -0.145. The maximum Gasteiger partial charge on any atom is 0.459 e. The summed E-state index contributed by atoms with van der Waals surface area (Å²) < 4.78 is 37.2. The number of benzene rings is 1. The molecule has 0 amide bonds. The molecule has 15 nitrogen and oxygen atoms in total. The van der Waals surface area contributed by atoms with Crippen molar-refractivity contribution in [2.75, 3.05) is 13.2 Å². The van der Waals surface area contributed by atoms with Gasteiger partial charge in [0.1, 0.15) is 18.0 Å². The number of carbonyl (C=O) groups is 1. The molecule has 218 valence electrons. The Balaban J connectivity index is 1.85. The van der Waals surface area contributed by atoms with Crippen LogP contribution in [0.5, 0.6) is 5.75 Å². The summed E-state index contributed by atoms with van der Waals surface area (Å²) in [5.41, 5.74) is 5.65. The number of aromatic nitrogens is 2. The molecule has 1 unspecified atom stereocenters. The number of nitrogens with one attached hydrogen (secondary N) is 2. The number of aliphatic hydroxyl groups is 1. The molecule has 1 aliphatic heterocycles. The molecule has 2 heterocycles. The van der Waals surface area contributed by atoms with E-state index in [0.717, 1.165) is 23.5 Å². The third kappa shape index (κ3) is 7.60. The maximum absolute atomic E-state index is 13.9. The molecule has 16 heteroatoms. The highest BCUT2D eigenvalue weighted by atomic mass is 31.2. The Morgan fingerprint density at radius 1 is 1.32 bits per heavy atom. The molecule has 1 saturated heterocycles. The molecule has 0 bridgehead atoms. The number of nitrogens with zero attached hydrogens (tertiary/aromatic N) is 4. The molecule has 0 saturated carbocycles. The second kappa shape index (κ2) is 13.8. The molecule has 1 aromatic carbocycles. The SMILES string of the molecule is CCCCCOC(=O)[C@H](C)NP(=O)(OC[C@@]1(N=[N+]=[N-])O[C@@H](n2ccc(=O)[nH]c2=O)[C@@H](C)[C@@H]1O)Oc1ccccc1. The van der Waals surface area contributed by atoms with E-state index in [4.69, 9.17) is 18.5 Å². The highest BCUT2D eigenvalue weighted by Crippen LogP contribution is 2.49. The van der Waals surface area contributed by atoms with Crippen LogP contribution in [0, 0.1) is 5.92 Å². The number of esters is 1. The number of unbranched alkanes of at least 4 members (excludes halogenated alkanes) is 2. The van der Waals surface area contributed by atoms with Crippen molar-refractivity contribution in [2.24, 2.45) is 11.0 Å². The molecule has 0 radical (unpaired) electrons. The molecule has 0 spiro atoms. The fraction of sp³-hybridized carbons (Fsp3) is 0.542. The molecule has 0 aliphatic carbocycles. The summed E-state index contributed by atoms with van der Waals surface area (Å²) >= 11 is 0. The van der Waals surface area contributed by atoms with Crippen LogP contribution in [-0.4, -0.2) is 51.7 Å². The number of hydrogen-bond acceptors (Lipinski definition) is 10. The Bertz CT molecular complexity index is 1360. The first-order chi connectivity index (χ1) is 19.0. The summed E-state index contributed by atoms with van der Waals surface area (Å²) in [5, 5.41) is 17.1. The van der Waals surface area contributed by atoms with Gasteiger partial charge in [-0.3, -0.25) is 23.7 Å². The standard InChI is InChI=1S/C24H33N6O9P/c1-4-5-9-14-36-22(33)17(3)27-40(35,39-18-10-7-6-8-11-18)37-15-24(28-29-25)20(32)16(2)21(38-24)30-13-12-19(31)26-23(30)34/h6-8,10-13,16-17,20-21,32H,4-5,9,14-15H2,1-3H3,(H,27,35)(H,26,31,34)/t16-,17-,20-,21+,24+,40?/m0/s1. The molecular formula is C24H33N6O9P. The highest BCUT2D eigenvalue weighted by molar-refractivity contribution is 7.52. The van der Waals surface area contributed by atoms with Gasteiger partial charge in [-0.1, -0.05) is 50.0 Å². The van der Waals surface area contributed by atoms with E-state index in [1.807, 2.05) is 6.92 Å². The van der Waals surface area contributed by atoms with Crippen LogP contribution in [0.15, 0.2) is 57.3 Å². The second-order valence-corrected chi connectivity index (χ2v) is 11.0. The lowest BCUT2D eigenvalue weighted by atomic mass is 9.98. The summed E-state index contributed by atoms with van der Waals surface area (Å²) in [6.07, 6.45) is 0.927. The van der Waals surface area contributed by atoms with Crippen LogP contribution in [-0.2, 0) is 23.4 Å². The molecular weight excluding hydrogens is 547 g/mol. The fourth-order valence-electron chi connectivity index (χ4n) is 4.02. The van der Waals surface area contributed by atoms with E-state index in [-0.39, 0.29) is 12.4 Å². The van der Waals surface area contributed by atoms with Gasteiger partial charge >= 0.3 is 19.4 Å². The van der Waals surface area contributed by atoms with Crippen molar-refractivity contribution >= 4 is 13.7 Å². The molecule has 1 fully saturated rings. The Morgan fingerprint density at radius 3 is 2.70 bits per heavy atom. The van der Waals surface area contributed by atoms with Crippen LogP contribution in [0.2, 0.25) is 0 Å². The van der Waals surface area contributed by atoms with E-state index in [9.17, 15) is 29.6 Å². The van der Waals surface area contributed by atoms with Gasteiger partial charge in [0.25, 0.3) is 5.56 Å². The monoisotopic (exact) mass is 580 g/mol. The topological polar surface area (TPSA) is 207 Å². The zero-order valence-corrected chi connectivity index (χ0v) is 23.2. The zero-order chi connectivity index (χ0) is 29.3. The van der Waals surface area contributed by atoms with E-state index in [0.29, 0.717) is 6.42 Å². The summed E-state index contributed by atoms with van der Waals surface area (Å²) in [5.74, 6) is -1.40. The normalized spacial score (nSPS) is 24.4. The molecule has 3 rings (SSSR count). The van der Waals surface area contributed by atoms with Crippen LogP contribution in [0.25, 0.3) is 10.4 Å². The zero-order valence-electron chi connectivity index (χ0n) is 22.3. The number of hydrogen-bond donors (Lipinski definition) is 3. The predicted molar refractivity (Wildman–Crippen MR) is 142 cm³/mol. The Kier molecular flexibility index (Phi) is 10.7. The van der Waals surface area contributed by atoms with Crippen molar-refractivity contribution in [3.05, 3.63) is 73.9 Å². The average molecular weight is 581 g/mol. The first-order valence-electron chi connectivity index (χ1n) is 12.7. The number of aliphatic hydroxyl groups excluding tert-OH is 1. The quantitative estimate of drug-likeness (QED) is 0.0743. The van der Waals surface area contributed by atoms with Gasteiger partial charge in [0.15, 0.2) is 5.72 Å². The summed E-state index contributed by atoms with van der Waals surface area (Å²) in [6, 6.07) is 7.94. The van der Waals surface area contributed by atoms with Crippen molar-refractivity contribution in [3.8, 4) is 5.75 Å². The summed E-state index contributed by atoms with van der Waals surface area (Å²) in [4.78, 5) is 41.2. The minimum absolute atomic E-state index is 0.138. The van der Waals surface area contributed by atoms with Gasteiger partial charge in [0, 0.05) is 23.1 Å². The van der Waals surface area contributed by atoms with Gasteiger partial charge in [-0.05, 0) is 31.0 Å². The number of carbonyl (C=O) groups excluding carboxylic acids is 1. The second-order valence-electron chi connectivity index (χ2n) is 9.26. The van der Waals surface area contributed by atoms with Crippen LogP contribution in [0.3, 0.4) is 0 Å². The molecule has 40 heavy (non-hydrogen) atoms. The molecule has 1 aliphatic rings. The van der Waals surface area contributed by atoms with Crippen molar-refractivity contribution in [1.29, 1.82) is 0 Å². The van der Waals surface area contributed by atoms with Crippen LogP contribution >= 0.6 is 7.75 Å². The number of para-hydroxylation sites is 1. The largest absolute Gasteiger partial charge is 0.465 e. The van der Waals surface area contributed by atoms with Gasteiger partial charge in [-0.25, -0.2) is 9.36 Å². The number of azide groups is 1. The highest BCUT2D eigenvalue weighted by Gasteiger charge is 2.55. The Labute approximate surface area is 229 Å². The van der Waals surface area contributed by atoms with Gasteiger partial charge in [-0.15, -0.1) is 0 Å². The third-order valence-corrected chi connectivity index (χ3v) is 7.81. The van der Waals surface area contributed by atoms with Crippen LogP contribution in [0.1, 0.15) is 46.3 Å². The van der Waals surface area contributed by atoms with Crippen molar-refractivity contribution < 1.29 is 33.0 Å². The smallest absolute Gasteiger partial charge is 0.459 e. The Morgan fingerprint density at radius 2 is 2.05 bits per heavy atom. The van der Waals surface area contributed by atoms with Crippen LogP contribution in [0.4, 0.5) is 0 Å². The number of rotatable bonds is 14. The minimum Gasteiger partial charge on any atom is -0.465 e. The van der Waals surface area contributed by atoms with E-state index in [1.165, 1.54) is 32.2 Å². The molecule has 2 aromatic rings. The van der Waals surface area contributed by atoms with Crippen molar-refractivity contribution in [1.82, 2.24) is 14.6 Å². The van der Waals surface area contributed by atoms with E-state index in [2.05, 4.69) is 20.1 Å². The summed E-state index contributed by atoms with van der Waals surface area (Å²) in [7, 11) is -4.41. The van der Waals surface area contributed by atoms with Gasteiger partial charge in [-0.2, -0.15) is 5.09 Å². The van der Waals surface area contributed by atoms with E-state index < -0.39 is 61.6 Å². The predicted octanol–water partition coefficient (Wildman–Crippen LogP) is 2.98. The van der Waals surface area contributed by atoms with Crippen molar-refractivity contribution in [2.45, 2.75) is 64.1 Å². The summed E-state index contributed by atoms with van der Waals surface area (Å²) in [6.45, 7) is 4.34. The molecule has 1 aromatic heterocycles. The number of H-pyrrole nitrogens is 1.